The van der Waals surface area contributed by atoms with Crippen LogP contribution in [0.3, 0.4) is 0 Å². The fourth-order valence-electron chi connectivity index (χ4n) is 2.67. The molecule has 1 fully saturated rings. The van der Waals surface area contributed by atoms with Crippen molar-refractivity contribution < 1.29 is 8.42 Å². The molecule has 1 aliphatic carbocycles. The zero-order chi connectivity index (χ0) is 15.6. The first-order valence-electron chi connectivity index (χ1n) is 7.76. The van der Waals surface area contributed by atoms with Crippen molar-refractivity contribution in [3.63, 3.8) is 0 Å². The van der Waals surface area contributed by atoms with Gasteiger partial charge < -0.3 is 0 Å². The maximum Gasteiger partial charge on any atom is 0.241 e. The molecule has 2 aromatic rings. The Labute approximate surface area is 132 Å². The van der Waals surface area contributed by atoms with Crippen LogP contribution in [0.15, 0.2) is 59.5 Å². The highest BCUT2D eigenvalue weighted by molar-refractivity contribution is 7.89. The molecule has 22 heavy (non-hydrogen) atoms. The molecule has 0 spiro atoms. The third-order valence-electron chi connectivity index (χ3n) is 4.18. The van der Waals surface area contributed by atoms with Gasteiger partial charge in [-0.05, 0) is 48.4 Å². The Hall–Kier alpha value is -1.65. The third-order valence-corrected chi connectivity index (χ3v) is 5.63. The van der Waals surface area contributed by atoms with E-state index in [0.717, 1.165) is 30.4 Å². The largest absolute Gasteiger partial charge is 0.241 e. The SMILES string of the molecule is CCc1ccc(S(=O)(=O)NC(c2ccccc2)C2CC2)cc1. The van der Waals surface area contributed by atoms with E-state index in [1.807, 2.05) is 42.5 Å². The molecule has 0 heterocycles. The first kappa shape index (κ1) is 15.3. The van der Waals surface area contributed by atoms with E-state index >= 15 is 0 Å². The lowest BCUT2D eigenvalue weighted by molar-refractivity contribution is 0.529. The van der Waals surface area contributed by atoms with Gasteiger partial charge in [0.05, 0.1) is 4.90 Å². The summed E-state index contributed by atoms with van der Waals surface area (Å²) in [6, 6.07) is 16.9. The summed E-state index contributed by atoms with van der Waals surface area (Å²) in [6.07, 6.45) is 3.07. The van der Waals surface area contributed by atoms with Crippen LogP contribution in [0.1, 0.15) is 36.9 Å². The van der Waals surface area contributed by atoms with Crippen molar-refractivity contribution in [1.82, 2.24) is 4.72 Å². The second kappa shape index (κ2) is 6.23. The van der Waals surface area contributed by atoms with Crippen molar-refractivity contribution in [2.45, 2.75) is 37.1 Å². The highest BCUT2D eigenvalue weighted by Gasteiger charge is 2.35. The van der Waals surface area contributed by atoms with Crippen LogP contribution < -0.4 is 4.72 Å². The molecule has 3 rings (SSSR count). The molecule has 4 heteroatoms. The lowest BCUT2D eigenvalue weighted by Crippen LogP contribution is -2.30. The van der Waals surface area contributed by atoms with Gasteiger partial charge in [0.1, 0.15) is 0 Å². The molecule has 1 saturated carbocycles. The van der Waals surface area contributed by atoms with Crippen molar-refractivity contribution >= 4 is 10.0 Å². The van der Waals surface area contributed by atoms with Crippen molar-refractivity contribution in [3.05, 3.63) is 65.7 Å². The van der Waals surface area contributed by atoms with Gasteiger partial charge >= 0.3 is 0 Å². The molecule has 0 aliphatic heterocycles. The Morgan fingerprint density at radius 1 is 1.05 bits per heavy atom. The lowest BCUT2D eigenvalue weighted by atomic mass is 10.0. The molecule has 0 amide bonds. The van der Waals surface area contributed by atoms with Crippen LogP contribution in [0.4, 0.5) is 0 Å². The van der Waals surface area contributed by atoms with Crippen molar-refractivity contribution in [2.75, 3.05) is 0 Å². The first-order chi connectivity index (χ1) is 10.6. The van der Waals surface area contributed by atoms with E-state index in [2.05, 4.69) is 11.6 Å². The van der Waals surface area contributed by atoms with Gasteiger partial charge in [-0.2, -0.15) is 0 Å². The quantitative estimate of drug-likeness (QED) is 0.884. The molecule has 0 radical (unpaired) electrons. The Balaban J connectivity index is 1.85. The van der Waals surface area contributed by atoms with Crippen molar-refractivity contribution in [1.29, 1.82) is 0 Å². The lowest BCUT2D eigenvalue weighted by Gasteiger charge is -2.19. The second-order valence-electron chi connectivity index (χ2n) is 5.84. The fraction of sp³-hybridized carbons (Fsp3) is 0.333. The number of aryl methyl sites for hydroxylation is 1. The summed E-state index contributed by atoms with van der Waals surface area (Å²) in [7, 11) is -3.49. The van der Waals surface area contributed by atoms with Crippen LogP contribution in [-0.2, 0) is 16.4 Å². The predicted molar refractivity (Wildman–Crippen MR) is 88.0 cm³/mol. The number of nitrogens with one attached hydrogen (secondary N) is 1. The molecule has 0 aromatic heterocycles. The number of hydrogen-bond acceptors (Lipinski definition) is 2. The molecular weight excluding hydrogens is 294 g/mol. The van der Waals surface area contributed by atoms with E-state index < -0.39 is 10.0 Å². The summed E-state index contributed by atoms with van der Waals surface area (Å²) in [5, 5.41) is 0. The van der Waals surface area contributed by atoms with Crippen LogP contribution in [0.5, 0.6) is 0 Å². The zero-order valence-electron chi connectivity index (χ0n) is 12.7. The minimum Gasteiger partial charge on any atom is -0.207 e. The van der Waals surface area contributed by atoms with E-state index in [9.17, 15) is 8.42 Å². The Morgan fingerprint density at radius 2 is 1.68 bits per heavy atom. The molecule has 1 aliphatic rings. The molecule has 1 atom stereocenters. The van der Waals surface area contributed by atoms with Gasteiger partial charge in [-0.3, -0.25) is 0 Å². The zero-order valence-corrected chi connectivity index (χ0v) is 13.5. The van der Waals surface area contributed by atoms with Gasteiger partial charge in [0, 0.05) is 6.04 Å². The Bertz CT molecular complexity index is 719. The Morgan fingerprint density at radius 3 is 2.23 bits per heavy atom. The minimum atomic E-state index is -3.49. The highest BCUT2D eigenvalue weighted by atomic mass is 32.2. The van der Waals surface area contributed by atoms with E-state index in [1.165, 1.54) is 0 Å². The van der Waals surface area contributed by atoms with Gasteiger partial charge in [0.15, 0.2) is 0 Å². The fourth-order valence-corrected chi connectivity index (χ4v) is 3.96. The molecule has 0 bridgehead atoms. The molecule has 0 saturated heterocycles. The smallest absolute Gasteiger partial charge is 0.207 e. The average molecular weight is 315 g/mol. The molecule has 1 unspecified atom stereocenters. The normalized spacial score (nSPS) is 16.4. The summed E-state index contributed by atoms with van der Waals surface area (Å²) in [6.45, 7) is 2.06. The number of sulfonamides is 1. The standard InChI is InChI=1S/C18H21NO2S/c1-2-14-8-12-17(13-9-14)22(20,21)19-18(16-10-11-16)15-6-4-3-5-7-15/h3-9,12-13,16,18-19H,2,10-11H2,1H3. The molecule has 116 valence electrons. The number of rotatable bonds is 6. The predicted octanol–water partition coefficient (Wildman–Crippen LogP) is 3.68. The average Bonchev–Trinajstić information content (AvgIpc) is 3.38. The van der Waals surface area contributed by atoms with Crippen LogP contribution in [0.25, 0.3) is 0 Å². The van der Waals surface area contributed by atoms with Gasteiger partial charge in [-0.1, -0.05) is 49.4 Å². The Kier molecular flexibility index (Phi) is 4.32. The first-order valence-corrected chi connectivity index (χ1v) is 9.24. The van der Waals surface area contributed by atoms with E-state index in [4.69, 9.17) is 0 Å². The van der Waals surface area contributed by atoms with Crippen LogP contribution in [0, 0.1) is 5.92 Å². The van der Waals surface area contributed by atoms with Crippen molar-refractivity contribution in [3.8, 4) is 0 Å². The van der Waals surface area contributed by atoms with Crippen molar-refractivity contribution in [2.24, 2.45) is 5.92 Å². The third kappa shape index (κ3) is 3.39. The maximum atomic E-state index is 12.6. The van der Waals surface area contributed by atoms with Crippen LogP contribution in [-0.4, -0.2) is 8.42 Å². The maximum absolute atomic E-state index is 12.6. The molecule has 2 aromatic carbocycles. The second-order valence-corrected chi connectivity index (χ2v) is 7.56. The summed E-state index contributed by atoms with van der Waals surface area (Å²) in [4.78, 5) is 0.339. The highest BCUT2D eigenvalue weighted by Crippen LogP contribution is 2.41. The number of hydrogen-bond donors (Lipinski definition) is 1. The molecule has 3 nitrogen and oxygen atoms in total. The summed E-state index contributed by atoms with van der Waals surface area (Å²) >= 11 is 0. The van der Waals surface area contributed by atoms with Gasteiger partial charge in [-0.25, -0.2) is 13.1 Å². The van der Waals surface area contributed by atoms with E-state index in [-0.39, 0.29) is 6.04 Å². The number of benzene rings is 2. The van der Waals surface area contributed by atoms with Gasteiger partial charge in [0.25, 0.3) is 0 Å². The van der Waals surface area contributed by atoms with E-state index in [0.29, 0.717) is 10.8 Å². The van der Waals surface area contributed by atoms with E-state index in [1.54, 1.807) is 12.1 Å². The van der Waals surface area contributed by atoms with Crippen LogP contribution >= 0.6 is 0 Å². The van der Waals surface area contributed by atoms with Crippen LogP contribution in [0.2, 0.25) is 0 Å². The van der Waals surface area contributed by atoms with Gasteiger partial charge in [0.2, 0.25) is 10.0 Å². The topological polar surface area (TPSA) is 46.2 Å². The van der Waals surface area contributed by atoms with Gasteiger partial charge in [-0.15, -0.1) is 0 Å². The minimum absolute atomic E-state index is 0.128. The summed E-state index contributed by atoms with van der Waals surface area (Å²) < 4.78 is 28.2. The molecule has 1 N–H and O–H groups in total. The summed E-state index contributed by atoms with van der Waals surface area (Å²) in [5.41, 5.74) is 2.18. The monoisotopic (exact) mass is 315 g/mol. The molecular formula is C18H21NO2S. The summed E-state index contributed by atoms with van der Waals surface area (Å²) in [5.74, 6) is 0.409.